The maximum Gasteiger partial charge on any atom is 0.341 e. The fraction of sp³-hybridized carbons (Fsp3) is 0.804. The summed E-state index contributed by atoms with van der Waals surface area (Å²) in [5, 5.41) is 58.3. The van der Waals surface area contributed by atoms with Crippen LogP contribution in [0.2, 0.25) is 0 Å². The third kappa shape index (κ3) is 13.6. The van der Waals surface area contributed by atoms with Crippen LogP contribution in [-0.2, 0) is 44.5 Å². The quantitative estimate of drug-likeness (QED) is 0.169. The number of cyclic esters (lactones) is 1. The number of aromatic nitrogens is 1. The summed E-state index contributed by atoms with van der Waals surface area (Å²) in [4.78, 5) is 48.1. The van der Waals surface area contributed by atoms with Gasteiger partial charge in [-0.05, 0) is 120 Å². The molecule has 4 fully saturated rings. The van der Waals surface area contributed by atoms with E-state index in [2.05, 4.69) is 9.80 Å². The Morgan fingerprint density at radius 3 is 2.20 bits per heavy atom. The number of aliphatic hydroxyl groups is 4. The predicted molar refractivity (Wildman–Crippen MR) is 287 cm³/mol. The van der Waals surface area contributed by atoms with E-state index in [1.165, 1.54) is 13.1 Å². The minimum atomic E-state index is -1.84. The van der Waals surface area contributed by atoms with Crippen LogP contribution in [-0.4, -0.2) is 221 Å². The molecule has 4 aliphatic rings. The van der Waals surface area contributed by atoms with Crippen LogP contribution in [0.5, 0.6) is 0 Å². The molecule has 4 saturated heterocycles. The molecule has 20 heteroatoms. The molecule has 6 rings (SSSR count). The molecule has 0 radical (unpaired) electrons. The Bertz CT molecular complexity index is 2310. The van der Waals surface area contributed by atoms with Crippen molar-refractivity contribution < 1.29 is 68.3 Å². The van der Waals surface area contributed by atoms with Crippen LogP contribution in [0.4, 0.5) is 5.69 Å². The van der Waals surface area contributed by atoms with Gasteiger partial charge in [0.2, 0.25) is 5.43 Å². The van der Waals surface area contributed by atoms with Crippen LogP contribution in [0, 0.1) is 17.8 Å². The number of carbonyl (C=O) groups excluding carboxylic acids is 1. The zero-order chi connectivity index (χ0) is 56.4. The van der Waals surface area contributed by atoms with Crippen molar-refractivity contribution in [3.63, 3.8) is 0 Å². The first-order valence-electron chi connectivity index (χ1n) is 27.6. The fourth-order valence-electron chi connectivity index (χ4n) is 12.6. The molecule has 20 nitrogen and oxygen atoms in total. The summed E-state index contributed by atoms with van der Waals surface area (Å²) < 4.78 is 47.7. The molecule has 4 aliphatic heterocycles. The lowest BCUT2D eigenvalue weighted by molar-refractivity contribution is -0.320. The standard InChI is InChI=1S/C56H93N5O15/c1-16-43-56(11,69)48(64)36(7)58(14)30-32(3)28-54(9,68)49(76-53-46(63)42(57(12)13)26-33(4)72-53)34(5)47(35(6)52(67)74-43)75-44-29-55(10,70-15)50(37(8)73-44)71-25-24-59-20-22-61(23-21-59)38-18-19-41-39(27-38)45(62)40(51(65)66)31-60(41)17-2/h18-19,27,31-37,42-44,46-50,53,63-64,68-69H,16-17,20-26,28-30H2,1-15H3,(H,65,66)/t32-,33-,34+,35-,36-,37+,42+,43-,44+,46-,47+,48-,49-,50+,53+,54-,55-,56-/m1/s1. The van der Waals surface area contributed by atoms with E-state index in [9.17, 15) is 39.9 Å². The highest BCUT2D eigenvalue weighted by Crippen LogP contribution is 2.41. The Hall–Kier alpha value is -3.35. The number of aryl methyl sites for hydroxylation is 1. The van der Waals surface area contributed by atoms with Gasteiger partial charge >= 0.3 is 11.9 Å². The molecule has 5 N–H and O–H groups in total. The van der Waals surface area contributed by atoms with Crippen LogP contribution in [0.3, 0.4) is 0 Å². The second-order valence-electron chi connectivity index (χ2n) is 23.5. The Morgan fingerprint density at radius 1 is 0.921 bits per heavy atom. The van der Waals surface area contributed by atoms with Crippen molar-refractivity contribution in [1.29, 1.82) is 0 Å². The van der Waals surface area contributed by atoms with E-state index in [0.29, 0.717) is 56.7 Å². The molecule has 0 unspecified atom stereocenters. The van der Waals surface area contributed by atoms with Crippen molar-refractivity contribution in [2.75, 3.05) is 79.0 Å². The number of nitrogens with zero attached hydrogens (tertiary/aromatic N) is 5. The SMILES string of the molecule is CC[C@H]1OC(=O)[C@H](C)[C@@H](O[C@H]2C[C@@](C)(OC)[C@@H](OCCN3CCN(c4ccc5c(c4)c(=O)c(C(=O)O)cn5CC)CC3)[C@H](C)O2)[C@H](C)[C@@H](O[C@@H]2O[C@H](C)C[C@H](N(C)C)[C@H]2O)[C@](C)(O)C[C@@H](C)CN(C)[C@H](C)[C@@H](O)[C@]1(C)O. The number of likely N-dealkylation sites (N-methyl/N-ethyl adjacent to an activating group) is 2. The molecule has 18 atom stereocenters. The number of esters is 1. The van der Waals surface area contributed by atoms with Gasteiger partial charge < -0.3 is 78.0 Å². The van der Waals surface area contributed by atoms with Crippen LogP contribution in [0.1, 0.15) is 112 Å². The third-order valence-corrected chi connectivity index (χ3v) is 17.2. The van der Waals surface area contributed by atoms with Gasteiger partial charge in [-0.25, -0.2) is 4.79 Å². The van der Waals surface area contributed by atoms with Gasteiger partial charge in [0.05, 0.1) is 53.7 Å². The summed E-state index contributed by atoms with van der Waals surface area (Å²) in [6, 6.07) is 4.79. The molecule has 0 saturated carbocycles. The molecule has 2 aromatic rings. The van der Waals surface area contributed by atoms with E-state index < -0.39 is 107 Å². The highest BCUT2D eigenvalue weighted by molar-refractivity contribution is 5.93. The van der Waals surface area contributed by atoms with Gasteiger partial charge in [-0.15, -0.1) is 0 Å². The summed E-state index contributed by atoms with van der Waals surface area (Å²) in [6.45, 7) is 24.8. The van der Waals surface area contributed by atoms with Crippen molar-refractivity contribution >= 4 is 28.5 Å². The second kappa shape index (κ2) is 25.4. The van der Waals surface area contributed by atoms with E-state index >= 15 is 0 Å². The summed E-state index contributed by atoms with van der Waals surface area (Å²) in [5.41, 5.74) is -3.55. The molecule has 76 heavy (non-hydrogen) atoms. The van der Waals surface area contributed by atoms with Crippen molar-refractivity contribution in [2.45, 2.75) is 199 Å². The Morgan fingerprint density at radius 2 is 1.59 bits per heavy atom. The van der Waals surface area contributed by atoms with Gasteiger partial charge in [0.1, 0.15) is 35.6 Å². The van der Waals surface area contributed by atoms with E-state index in [-0.39, 0.29) is 42.9 Å². The number of hydrogen-bond acceptors (Lipinski definition) is 18. The van der Waals surface area contributed by atoms with Crippen molar-refractivity contribution in [2.24, 2.45) is 17.8 Å². The number of rotatable bonds is 14. The number of ether oxygens (including phenoxy) is 7. The first-order valence-corrected chi connectivity index (χ1v) is 27.6. The topological polar surface area (TPSA) is 235 Å². The normalized spacial score (nSPS) is 39.2. The molecule has 0 aliphatic carbocycles. The van der Waals surface area contributed by atoms with Crippen LogP contribution in [0.25, 0.3) is 10.9 Å². The molecule has 0 amide bonds. The number of hydrogen-bond donors (Lipinski definition) is 5. The maximum atomic E-state index is 14.6. The lowest BCUT2D eigenvalue weighted by Crippen LogP contribution is -2.61. The lowest BCUT2D eigenvalue weighted by atomic mass is 9.77. The summed E-state index contributed by atoms with van der Waals surface area (Å²) in [6.07, 6.45) is -6.50. The number of pyridine rings is 1. The van der Waals surface area contributed by atoms with Gasteiger partial charge in [-0.1, -0.05) is 20.8 Å². The van der Waals surface area contributed by atoms with Gasteiger partial charge in [-0.2, -0.15) is 0 Å². The largest absolute Gasteiger partial charge is 0.477 e. The number of carboxylic acids is 1. The fourth-order valence-corrected chi connectivity index (χ4v) is 12.6. The Balaban J connectivity index is 1.21. The number of piperazine rings is 1. The maximum absolute atomic E-state index is 14.6. The summed E-state index contributed by atoms with van der Waals surface area (Å²) in [7, 11) is 7.24. The van der Waals surface area contributed by atoms with Gasteiger partial charge in [0.15, 0.2) is 12.6 Å². The van der Waals surface area contributed by atoms with Crippen molar-refractivity contribution in [3.8, 4) is 0 Å². The number of carboxylic acid groups (broad SMARTS) is 1. The highest BCUT2D eigenvalue weighted by Gasteiger charge is 2.53. The molecule has 432 valence electrons. The first-order chi connectivity index (χ1) is 35.6. The number of carbonyl (C=O) groups is 2. The van der Waals surface area contributed by atoms with Gasteiger partial charge in [0, 0.05) is 94.6 Å². The molecule has 1 aromatic carbocycles. The Labute approximate surface area is 450 Å². The third-order valence-electron chi connectivity index (χ3n) is 17.2. The number of anilines is 1. The highest BCUT2D eigenvalue weighted by atomic mass is 16.7. The number of aliphatic hydroxyl groups excluding tert-OH is 2. The van der Waals surface area contributed by atoms with E-state index in [4.69, 9.17) is 33.2 Å². The number of methoxy groups -OCH3 is 1. The first kappa shape index (κ1) is 61.9. The lowest BCUT2D eigenvalue weighted by Gasteiger charge is -2.49. The van der Waals surface area contributed by atoms with E-state index in [0.717, 1.165) is 18.8 Å². The van der Waals surface area contributed by atoms with Crippen LogP contribution < -0.4 is 10.3 Å². The number of fused-ring (bicyclic) bond motifs is 1. The van der Waals surface area contributed by atoms with Gasteiger partial charge in [0.25, 0.3) is 0 Å². The molecule has 1 aromatic heterocycles. The average Bonchev–Trinajstić information content (AvgIpc) is 3.36. The smallest absolute Gasteiger partial charge is 0.341 e. The summed E-state index contributed by atoms with van der Waals surface area (Å²) >= 11 is 0. The molecule has 0 spiro atoms. The number of aromatic carboxylic acids is 1. The minimum Gasteiger partial charge on any atom is -0.477 e. The van der Waals surface area contributed by atoms with Gasteiger partial charge in [-0.3, -0.25) is 14.5 Å². The molecule has 0 bridgehead atoms. The van der Waals surface area contributed by atoms with E-state index in [1.54, 1.807) is 38.5 Å². The predicted octanol–water partition coefficient (Wildman–Crippen LogP) is 3.78. The zero-order valence-electron chi connectivity index (χ0n) is 48.0. The minimum absolute atomic E-state index is 0.174. The molecular weight excluding hydrogens is 983 g/mol. The van der Waals surface area contributed by atoms with E-state index in [1.807, 2.05) is 91.5 Å². The average molecular weight is 1080 g/mol. The van der Waals surface area contributed by atoms with Crippen molar-refractivity contribution in [1.82, 2.24) is 19.3 Å². The summed E-state index contributed by atoms with van der Waals surface area (Å²) in [5.74, 6) is -3.94. The second-order valence-corrected chi connectivity index (χ2v) is 23.5. The Kier molecular flexibility index (Phi) is 20.7. The van der Waals surface area contributed by atoms with Crippen LogP contribution in [0.15, 0.2) is 29.2 Å². The molecular formula is C56H93N5O15. The zero-order valence-corrected chi connectivity index (χ0v) is 48.0. The number of benzene rings is 1. The monoisotopic (exact) mass is 1080 g/mol. The molecule has 5 heterocycles. The van der Waals surface area contributed by atoms with Crippen LogP contribution >= 0.6 is 0 Å². The van der Waals surface area contributed by atoms with Crippen molar-refractivity contribution in [3.05, 3.63) is 40.2 Å².